The van der Waals surface area contributed by atoms with Crippen LogP contribution in [-0.4, -0.2) is 26.5 Å². The summed E-state index contributed by atoms with van der Waals surface area (Å²) in [5, 5.41) is 3.42. The number of halogens is 2. The Bertz CT molecular complexity index is 480. The SMILES string of the molecule is CCNC(CCCS(=O)(=O)CC)c1cc(Br)c(Br)s1. The van der Waals surface area contributed by atoms with Gasteiger partial charge in [-0.05, 0) is 57.3 Å². The van der Waals surface area contributed by atoms with Crippen molar-refractivity contribution in [1.29, 1.82) is 0 Å². The standard InChI is InChI=1S/C12H19Br2NO2S2/c1-3-15-10(6-5-7-19(16,17)4-2)11-8-9(13)12(14)18-11/h8,10,15H,3-7H2,1-2H3. The molecule has 0 spiro atoms. The maximum absolute atomic E-state index is 11.5. The first-order chi connectivity index (χ1) is 8.89. The quantitative estimate of drug-likeness (QED) is 0.671. The van der Waals surface area contributed by atoms with Gasteiger partial charge < -0.3 is 5.32 Å². The smallest absolute Gasteiger partial charge is 0.150 e. The Balaban J connectivity index is 2.63. The highest BCUT2D eigenvalue weighted by Gasteiger charge is 2.16. The fourth-order valence-electron chi connectivity index (χ4n) is 1.78. The Labute approximate surface area is 136 Å². The van der Waals surface area contributed by atoms with Crippen LogP contribution < -0.4 is 5.32 Å². The Morgan fingerprint density at radius 1 is 1.37 bits per heavy atom. The molecule has 0 aliphatic rings. The highest BCUT2D eigenvalue weighted by molar-refractivity contribution is 9.13. The molecular formula is C12H19Br2NO2S2. The number of sulfone groups is 1. The van der Waals surface area contributed by atoms with Crippen molar-refractivity contribution in [3.8, 4) is 0 Å². The lowest BCUT2D eigenvalue weighted by atomic mass is 10.1. The van der Waals surface area contributed by atoms with Crippen LogP contribution >= 0.6 is 43.2 Å². The van der Waals surface area contributed by atoms with Gasteiger partial charge in [0.1, 0.15) is 9.84 Å². The van der Waals surface area contributed by atoms with E-state index >= 15 is 0 Å². The van der Waals surface area contributed by atoms with Crippen LogP contribution in [0.25, 0.3) is 0 Å². The van der Waals surface area contributed by atoms with E-state index in [0.717, 1.165) is 21.2 Å². The van der Waals surface area contributed by atoms with Crippen LogP contribution in [0.1, 0.15) is 37.6 Å². The molecule has 1 aromatic rings. The van der Waals surface area contributed by atoms with Gasteiger partial charge in [-0.25, -0.2) is 8.42 Å². The summed E-state index contributed by atoms with van der Waals surface area (Å²) in [5.41, 5.74) is 0. The summed E-state index contributed by atoms with van der Waals surface area (Å²) in [6.07, 6.45) is 1.54. The Hall–Kier alpha value is 0.570. The van der Waals surface area contributed by atoms with Gasteiger partial charge in [-0.3, -0.25) is 0 Å². The van der Waals surface area contributed by atoms with Gasteiger partial charge in [0, 0.05) is 21.1 Å². The van der Waals surface area contributed by atoms with Crippen molar-refractivity contribution in [2.24, 2.45) is 0 Å². The van der Waals surface area contributed by atoms with E-state index < -0.39 is 9.84 Å². The van der Waals surface area contributed by atoms with Gasteiger partial charge in [-0.1, -0.05) is 13.8 Å². The van der Waals surface area contributed by atoms with Crippen LogP contribution in [0.3, 0.4) is 0 Å². The van der Waals surface area contributed by atoms with Gasteiger partial charge in [-0.15, -0.1) is 11.3 Å². The minimum atomic E-state index is -2.86. The third-order valence-electron chi connectivity index (χ3n) is 2.85. The normalized spacial score (nSPS) is 13.7. The topological polar surface area (TPSA) is 46.2 Å². The molecule has 1 N–H and O–H groups in total. The van der Waals surface area contributed by atoms with Crippen molar-refractivity contribution in [3.63, 3.8) is 0 Å². The first-order valence-corrected chi connectivity index (χ1v) is 10.5. The van der Waals surface area contributed by atoms with E-state index in [-0.39, 0.29) is 17.5 Å². The van der Waals surface area contributed by atoms with Crippen LogP contribution in [0.15, 0.2) is 14.3 Å². The third kappa shape index (κ3) is 5.83. The summed E-state index contributed by atoms with van der Waals surface area (Å²) in [7, 11) is -2.86. The summed E-state index contributed by atoms with van der Waals surface area (Å²) >= 11 is 8.66. The molecule has 0 amide bonds. The van der Waals surface area contributed by atoms with E-state index in [2.05, 4.69) is 50.2 Å². The monoisotopic (exact) mass is 431 g/mol. The molecule has 1 aromatic heterocycles. The average molecular weight is 433 g/mol. The van der Waals surface area contributed by atoms with Crippen molar-refractivity contribution in [3.05, 3.63) is 19.2 Å². The lowest BCUT2D eigenvalue weighted by Crippen LogP contribution is -2.21. The number of hydrogen-bond acceptors (Lipinski definition) is 4. The second kappa shape index (κ2) is 8.12. The summed E-state index contributed by atoms with van der Waals surface area (Å²) in [5.74, 6) is 0.508. The molecular weight excluding hydrogens is 414 g/mol. The van der Waals surface area contributed by atoms with Crippen molar-refractivity contribution in [2.75, 3.05) is 18.1 Å². The van der Waals surface area contributed by atoms with E-state index in [4.69, 9.17) is 0 Å². The fraction of sp³-hybridized carbons (Fsp3) is 0.667. The molecule has 0 radical (unpaired) electrons. The van der Waals surface area contributed by atoms with E-state index in [1.807, 2.05) is 0 Å². The summed E-state index contributed by atoms with van der Waals surface area (Å²) in [6, 6.07) is 2.32. The molecule has 7 heteroatoms. The number of nitrogens with one attached hydrogen (secondary N) is 1. The van der Waals surface area contributed by atoms with E-state index in [1.165, 1.54) is 4.88 Å². The molecule has 0 saturated carbocycles. The predicted octanol–water partition coefficient (Wildman–Crippen LogP) is 4.14. The molecule has 1 unspecified atom stereocenters. The largest absolute Gasteiger partial charge is 0.310 e. The molecule has 0 saturated heterocycles. The fourth-order valence-corrected chi connectivity index (χ4v) is 4.87. The molecule has 0 aliphatic carbocycles. The first kappa shape index (κ1) is 17.6. The van der Waals surface area contributed by atoms with Gasteiger partial charge in [0.2, 0.25) is 0 Å². The summed E-state index contributed by atoms with van der Waals surface area (Å²) in [4.78, 5) is 1.23. The molecule has 0 fully saturated rings. The zero-order valence-corrected chi connectivity index (χ0v) is 15.9. The van der Waals surface area contributed by atoms with Crippen molar-refractivity contribution in [2.45, 2.75) is 32.7 Å². The summed E-state index contributed by atoms with van der Waals surface area (Å²) in [6.45, 7) is 4.64. The van der Waals surface area contributed by atoms with Gasteiger partial charge in [0.15, 0.2) is 0 Å². The van der Waals surface area contributed by atoms with Crippen LogP contribution in [0, 0.1) is 0 Å². The maximum Gasteiger partial charge on any atom is 0.150 e. The van der Waals surface area contributed by atoms with E-state index in [1.54, 1.807) is 18.3 Å². The Morgan fingerprint density at radius 2 is 2.05 bits per heavy atom. The van der Waals surface area contributed by atoms with Crippen molar-refractivity contribution >= 4 is 53.0 Å². The lowest BCUT2D eigenvalue weighted by molar-refractivity contribution is 0.513. The van der Waals surface area contributed by atoms with Gasteiger partial charge in [-0.2, -0.15) is 0 Å². The zero-order chi connectivity index (χ0) is 14.5. The van der Waals surface area contributed by atoms with Crippen molar-refractivity contribution < 1.29 is 8.42 Å². The maximum atomic E-state index is 11.5. The second-order valence-electron chi connectivity index (χ2n) is 4.26. The van der Waals surface area contributed by atoms with E-state index in [9.17, 15) is 8.42 Å². The molecule has 3 nitrogen and oxygen atoms in total. The van der Waals surface area contributed by atoms with Crippen LogP contribution in [0.2, 0.25) is 0 Å². The highest BCUT2D eigenvalue weighted by atomic mass is 79.9. The number of rotatable bonds is 8. The lowest BCUT2D eigenvalue weighted by Gasteiger charge is -2.16. The molecule has 1 heterocycles. The van der Waals surface area contributed by atoms with E-state index in [0.29, 0.717) is 6.42 Å². The number of hydrogen-bond donors (Lipinski definition) is 1. The minimum Gasteiger partial charge on any atom is -0.310 e. The average Bonchev–Trinajstić information content (AvgIpc) is 2.68. The Morgan fingerprint density at radius 3 is 2.53 bits per heavy atom. The second-order valence-corrected chi connectivity index (χ2v) is 9.99. The minimum absolute atomic E-state index is 0.227. The molecule has 110 valence electrons. The molecule has 0 bridgehead atoms. The predicted molar refractivity (Wildman–Crippen MR) is 89.7 cm³/mol. The van der Waals surface area contributed by atoms with Crippen LogP contribution in [-0.2, 0) is 9.84 Å². The van der Waals surface area contributed by atoms with Crippen LogP contribution in [0.4, 0.5) is 0 Å². The highest BCUT2D eigenvalue weighted by Crippen LogP contribution is 2.36. The third-order valence-corrected chi connectivity index (χ3v) is 8.01. The molecule has 19 heavy (non-hydrogen) atoms. The Kier molecular flexibility index (Phi) is 7.53. The first-order valence-electron chi connectivity index (χ1n) is 6.28. The van der Waals surface area contributed by atoms with Gasteiger partial charge >= 0.3 is 0 Å². The molecule has 1 rings (SSSR count). The molecule has 0 aromatic carbocycles. The van der Waals surface area contributed by atoms with Gasteiger partial charge in [0.25, 0.3) is 0 Å². The number of thiophene rings is 1. The zero-order valence-electron chi connectivity index (χ0n) is 11.1. The van der Waals surface area contributed by atoms with Crippen molar-refractivity contribution in [1.82, 2.24) is 5.32 Å². The van der Waals surface area contributed by atoms with Gasteiger partial charge in [0.05, 0.1) is 9.54 Å². The molecule has 1 atom stereocenters. The summed E-state index contributed by atoms with van der Waals surface area (Å²) < 4.78 is 25.1. The molecule has 0 aliphatic heterocycles. The van der Waals surface area contributed by atoms with Crippen LogP contribution in [0.5, 0.6) is 0 Å².